The zero-order valence-corrected chi connectivity index (χ0v) is 13.8. The summed E-state index contributed by atoms with van der Waals surface area (Å²) in [6.45, 7) is -2.59. The molecule has 2 nitrogen and oxygen atoms in total. The van der Waals surface area contributed by atoms with Gasteiger partial charge in [-0.15, -0.1) is 11.7 Å². The van der Waals surface area contributed by atoms with Crippen molar-refractivity contribution < 1.29 is 9.09 Å². The number of thiol groups is 1. The number of rotatable bonds is 4. The number of fused-ring (bicyclic) bond motifs is 4. The molecule has 4 bridgehead atoms. The van der Waals surface area contributed by atoms with Gasteiger partial charge in [0, 0.05) is 5.66 Å². The Bertz CT molecular complexity index is 416. The topological polar surface area (TPSA) is 26.3 Å². The molecule has 0 radical (unpaired) electrons. The highest BCUT2D eigenvalue weighted by molar-refractivity contribution is 8.94. The summed E-state index contributed by atoms with van der Waals surface area (Å²) in [5.74, 6) is 3.03. The molecule has 0 saturated heterocycles. The second-order valence-corrected chi connectivity index (χ2v) is 12.8. The van der Waals surface area contributed by atoms with Crippen molar-refractivity contribution in [1.82, 2.24) is 0 Å². The van der Waals surface area contributed by atoms with Crippen LogP contribution in [-0.2, 0) is 9.09 Å². The smallest absolute Gasteiger partial charge is 0.271 e. The summed E-state index contributed by atoms with van der Waals surface area (Å²) in [4.78, 5) is 0. The largest absolute Gasteiger partial charge is 0.317 e. The van der Waals surface area contributed by atoms with Crippen LogP contribution < -0.4 is 0 Å². The first-order valence-electron chi connectivity index (χ1n) is 7.79. The lowest BCUT2D eigenvalue weighted by Gasteiger charge is -2.33. The van der Waals surface area contributed by atoms with E-state index < -0.39 is 6.57 Å². The molecular formula is C14H23O2PS2. The summed E-state index contributed by atoms with van der Waals surface area (Å²) in [5.41, 5.74) is 0.313. The molecule has 7 atom stereocenters. The fourth-order valence-electron chi connectivity index (χ4n) is 5.26. The summed E-state index contributed by atoms with van der Waals surface area (Å²) in [6, 6.07) is 0. The molecule has 0 N–H and O–H groups in total. The maximum atomic E-state index is 13.3. The van der Waals surface area contributed by atoms with E-state index in [-0.39, 0.29) is 6.10 Å². The standard InChI is InChI=1S/C14H23O2PS2/c15-17(19-18,14-8-10-2-4-12(14)6-10)16-13-7-9-1-3-11(13)5-9/h9-14,18H,1-8H2. The summed E-state index contributed by atoms with van der Waals surface area (Å²) < 4.78 is 19.5. The van der Waals surface area contributed by atoms with E-state index in [1.165, 1.54) is 48.9 Å². The van der Waals surface area contributed by atoms with Crippen LogP contribution in [0.1, 0.15) is 51.4 Å². The summed E-state index contributed by atoms with van der Waals surface area (Å²) in [6.07, 6.45) is 10.5. The average Bonchev–Trinajstić information content (AvgIpc) is 3.18. The van der Waals surface area contributed by atoms with Crippen molar-refractivity contribution in [3.05, 3.63) is 0 Å². The second-order valence-electron chi connectivity index (χ2n) is 7.18. The van der Waals surface area contributed by atoms with E-state index in [9.17, 15) is 4.57 Å². The van der Waals surface area contributed by atoms with Crippen molar-refractivity contribution in [2.45, 2.75) is 63.1 Å². The quantitative estimate of drug-likeness (QED) is 0.441. The van der Waals surface area contributed by atoms with Gasteiger partial charge in [-0.1, -0.05) is 6.42 Å². The molecule has 4 aliphatic carbocycles. The van der Waals surface area contributed by atoms with Crippen molar-refractivity contribution in [1.29, 1.82) is 0 Å². The average molecular weight is 318 g/mol. The molecule has 7 unspecified atom stereocenters. The van der Waals surface area contributed by atoms with E-state index in [1.807, 2.05) is 0 Å². The lowest BCUT2D eigenvalue weighted by molar-refractivity contribution is 0.142. The van der Waals surface area contributed by atoms with E-state index in [1.54, 1.807) is 0 Å². The van der Waals surface area contributed by atoms with Crippen molar-refractivity contribution >= 4 is 28.6 Å². The molecule has 5 heteroatoms. The predicted octanol–water partition coefficient (Wildman–Crippen LogP) is 5.15. The van der Waals surface area contributed by atoms with Crippen LogP contribution in [0.25, 0.3) is 0 Å². The highest BCUT2D eigenvalue weighted by Crippen LogP contribution is 2.73. The summed E-state index contributed by atoms with van der Waals surface area (Å²) >= 11 is 4.34. The normalized spacial score (nSPS) is 50.8. The fourth-order valence-corrected chi connectivity index (χ4v) is 10.6. The zero-order chi connectivity index (χ0) is 13.0. The maximum absolute atomic E-state index is 13.3. The molecule has 108 valence electrons. The van der Waals surface area contributed by atoms with Gasteiger partial charge in [0.2, 0.25) is 0 Å². The molecule has 0 heterocycles. The molecular weight excluding hydrogens is 295 g/mol. The van der Waals surface area contributed by atoms with Crippen LogP contribution in [0.15, 0.2) is 0 Å². The van der Waals surface area contributed by atoms with Crippen LogP contribution in [0.2, 0.25) is 0 Å². The number of hydrogen-bond acceptors (Lipinski definition) is 4. The van der Waals surface area contributed by atoms with Gasteiger partial charge in [0.15, 0.2) is 0 Å². The first-order valence-corrected chi connectivity index (χ1v) is 12.0. The van der Waals surface area contributed by atoms with Crippen molar-refractivity contribution in [3.63, 3.8) is 0 Å². The Morgan fingerprint density at radius 1 is 0.947 bits per heavy atom. The molecule has 0 aromatic heterocycles. The van der Waals surface area contributed by atoms with E-state index in [0.29, 0.717) is 17.5 Å². The van der Waals surface area contributed by atoms with E-state index >= 15 is 0 Å². The van der Waals surface area contributed by atoms with E-state index in [2.05, 4.69) is 11.7 Å². The van der Waals surface area contributed by atoms with Gasteiger partial charge in [-0.25, -0.2) is 0 Å². The molecule has 0 aromatic carbocycles. The maximum Gasteiger partial charge on any atom is 0.271 e. The Hall–Kier alpha value is 0.890. The van der Waals surface area contributed by atoms with Gasteiger partial charge < -0.3 is 4.52 Å². The molecule has 19 heavy (non-hydrogen) atoms. The lowest BCUT2D eigenvalue weighted by atomic mass is 9.98. The van der Waals surface area contributed by atoms with Crippen LogP contribution in [0.5, 0.6) is 0 Å². The third kappa shape index (κ3) is 2.25. The predicted molar refractivity (Wildman–Crippen MR) is 83.7 cm³/mol. The van der Waals surface area contributed by atoms with Gasteiger partial charge in [-0.05, 0) is 79.0 Å². The van der Waals surface area contributed by atoms with Gasteiger partial charge in [0.1, 0.15) is 0 Å². The Morgan fingerprint density at radius 3 is 2.11 bits per heavy atom. The zero-order valence-electron chi connectivity index (χ0n) is 11.2. The molecule has 0 aromatic rings. The summed E-state index contributed by atoms with van der Waals surface area (Å²) in [7, 11) is 1.25. The molecule has 4 rings (SSSR count). The van der Waals surface area contributed by atoms with Crippen LogP contribution in [-0.4, -0.2) is 11.8 Å². The van der Waals surface area contributed by atoms with Crippen molar-refractivity contribution in [3.8, 4) is 0 Å². The minimum atomic E-state index is -2.59. The Balaban J connectivity index is 1.49. The fraction of sp³-hybridized carbons (Fsp3) is 1.00. The lowest BCUT2D eigenvalue weighted by Crippen LogP contribution is -2.24. The second kappa shape index (κ2) is 4.97. The SMILES string of the molecule is O=P(OC1CC2CCC1C2)(SS)C1CC2CCC1C2. The van der Waals surface area contributed by atoms with Crippen LogP contribution >= 0.6 is 28.6 Å². The molecule has 4 saturated carbocycles. The van der Waals surface area contributed by atoms with E-state index in [0.717, 1.165) is 24.7 Å². The minimum Gasteiger partial charge on any atom is -0.317 e. The van der Waals surface area contributed by atoms with Gasteiger partial charge in [-0.3, -0.25) is 4.57 Å². The first-order chi connectivity index (χ1) is 9.18. The monoisotopic (exact) mass is 318 g/mol. The van der Waals surface area contributed by atoms with Crippen LogP contribution in [0, 0.1) is 23.7 Å². The molecule has 0 spiro atoms. The van der Waals surface area contributed by atoms with Crippen molar-refractivity contribution in [2.24, 2.45) is 23.7 Å². The highest BCUT2D eigenvalue weighted by Gasteiger charge is 2.52. The van der Waals surface area contributed by atoms with Gasteiger partial charge in [0.25, 0.3) is 6.57 Å². The Morgan fingerprint density at radius 2 is 1.63 bits per heavy atom. The highest BCUT2D eigenvalue weighted by atomic mass is 33.3. The number of hydrogen-bond donors (Lipinski definition) is 1. The summed E-state index contributed by atoms with van der Waals surface area (Å²) in [5, 5.41) is 0. The third-order valence-corrected chi connectivity index (χ3v) is 12.2. The molecule has 0 amide bonds. The molecule has 4 fully saturated rings. The third-order valence-electron chi connectivity index (χ3n) is 6.18. The van der Waals surface area contributed by atoms with Gasteiger partial charge in [-0.2, -0.15) is 0 Å². The molecule has 4 aliphatic rings. The van der Waals surface area contributed by atoms with Crippen LogP contribution in [0.3, 0.4) is 0 Å². The Labute approximate surface area is 124 Å². The van der Waals surface area contributed by atoms with Gasteiger partial charge in [0.05, 0.1) is 6.10 Å². The first kappa shape index (κ1) is 13.5. The van der Waals surface area contributed by atoms with E-state index in [4.69, 9.17) is 4.52 Å². The minimum absolute atomic E-state index is 0.281. The Kier molecular flexibility index (Phi) is 3.54. The van der Waals surface area contributed by atoms with Crippen molar-refractivity contribution in [2.75, 3.05) is 0 Å². The molecule has 0 aliphatic heterocycles. The van der Waals surface area contributed by atoms with Crippen LogP contribution in [0.4, 0.5) is 0 Å². The van der Waals surface area contributed by atoms with Gasteiger partial charge >= 0.3 is 0 Å².